The number of nitrogens with two attached hydrogens (primary N) is 1. The van der Waals surface area contributed by atoms with Crippen molar-refractivity contribution >= 4 is 35.0 Å². The van der Waals surface area contributed by atoms with Gasteiger partial charge >= 0.3 is 0 Å². The molecule has 0 amide bonds. The van der Waals surface area contributed by atoms with Gasteiger partial charge in [-0.05, 0) is 18.2 Å². The summed E-state index contributed by atoms with van der Waals surface area (Å²) in [5, 5.41) is 34.2. The summed E-state index contributed by atoms with van der Waals surface area (Å²) in [7, 11) is 0. The molecule has 1 aliphatic heterocycles. The van der Waals surface area contributed by atoms with Crippen molar-refractivity contribution in [1.82, 2.24) is 5.01 Å². The Morgan fingerprint density at radius 1 is 1.39 bits per heavy atom. The van der Waals surface area contributed by atoms with Crippen LogP contribution in [0.2, 0.25) is 10.0 Å². The minimum atomic E-state index is -0.784. The summed E-state index contributed by atoms with van der Waals surface area (Å²) in [4.78, 5) is 0. The molecule has 3 N–H and O–H groups in total. The fourth-order valence-corrected chi connectivity index (χ4v) is 2.72. The highest BCUT2D eigenvalue weighted by Crippen LogP contribution is 2.29. The van der Waals surface area contributed by atoms with Crippen LogP contribution in [0.5, 0.6) is 0 Å². The number of hydrazone groups is 1. The number of rotatable bonds is 4. The zero-order chi connectivity index (χ0) is 17.0. The molecule has 1 aliphatic rings. The molecule has 0 bridgehead atoms. The summed E-state index contributed by atoms with van der Waals surface area (Å²) in [6.07, 6.45) is 0.767. The van der Waals surface area contributed by atoms with Gasteiger partial charge in [0.1, 0.15) is 18.2 Å². The Morgan fingerprint density at radius 3 is 2.57 bits per heavy atom. The Hall–Kier alpha value is -2.09. The van der Waals surface area contributed by atoms with E-state index in [1.165, 1.54) is 11.1 Å². The molecule has 1 heterocycles. The lowest BCUT2D eigenvalue weighted by molar-refractivity contribution is 0.165. The molecule has 2 atom stereocenters. The van der Waals surface area contributed by atoms with Crippen LogP contribution in [0.3, 0.4) is 0 Å². The first-order chi connectivity index (χ1) is 11.0. The molecule has 0 saturated heterocycles. The van der Waals surface area contributed by atoms with Crippen molar-refractivity contribution in [3.05, 3.63) is 39.4 Å². The minimum absolute atomic E-state index is 0.155. The Labute approximate surface area is 143 Å². The molecule has 6 nitrogen and oxygen atoms in total. The van der Waals surface area contributed by atoms with E-state index in [0.29, 0.717) is 15.6 Å². The molecule has 23 heavy (non-hydrogen) atoms. The normalized spacial score (nSPS) is 20.9. The zero-order valence-corrected chi connectivity index (χ0v) is 13.5. The van der Waals surface area contributed by atoms with E-state index in [4.69, 9.17) is 34.0 Å². The summed E-state index contributed by atoms with van der Waals surface area (Å²) < 4.78 is 0. The van der Waals surface area contributed by atoms with Gasteiger partial charge in [-0.1, -0.05) is 29.3 Å². The van der Waals surface area contributed by atoms with Crippen LogP contribution in [0.15, 0.2) is 28.9 Å². The monoisotopic (exact) mass is 349 g/mol. The molecule has 8 heteroatoms. The first-order valence-electron chi connectivity index (χ1n) is 6.70. The molecular weight excluding hydrogens is 337 g/mol. The van der Waals surface area contributed by atoms with Crippen molar-refractivity contribution in [2.45, 2.75) is 6.17 Å². The molecule has 0 aliphatic carbocycles. The van der Waals surface area contributed by atoms with Crippen LogP contribution in [0, 0.1) is 28.6 Å². The Kier molecular flexibility index (Phi) is 5.59. The van der Waals surface area contributed by atoms with E-state index in [1.54, 1.807) is 18.2 Å². The van der Waals surface area contributed by atoms with Gasteiger partial charge < -0.3 is 10.8 Å². The van der Waals surface area contributed by atoms with E-state index in [-0.39, 0.29) is 24.4 Å². The number of nitrogens with zero attached hydrogens (tertiary/aromatic N) is 4. The molecule has 0 aromatic heterocycles. The van der Waals surface area contributed by atoms with Crippen LogP contribution >= 0.6 is 23.2 Å². The van der Waals surface area contributed by atoms with Crippen molar-refractivity contribution < 1.29 is 5.11 Å². The number of hydrogen-bond acceptors (Lipinski definition) is 6. The topological polar surface area (TPSA) is 109 Å². The molecule has 2 unspecified atom stereocenters. The van der Waals surface area contributed by atoms with Crippen molar-refractivity contribution in [3.63, 3.8) is 0 Å². The molecule has 118 valence electrons. The van der Waals surface area contributed by atoms with E-state index in [0.717, 1.165) is 0 Å². The molecular formula is C15H13Cl2N5O. The van der Waals surface area contributed by atoms with E-state index < -0.39 is 12.1 Å². The van der Waals surface area contributed by atoms with E-state index in [2.05, 4.69) is 5.10 Å². The number of benzene rings is 1. The lowest BCUT2D eigenvalue weighted by Gasteiger charge is -2.19. The highest BCUT2D eigenvalue weighted by Gasteiger charge is 2.36. The van der Waals surface area contributed by atoms with Crippen LogP contribution < -0.4 is 5.73 Å². The molecule has 0 fully saturated rings. The number of aliphatic hydroxyl groups excluding tert-OH is 1. The van der Waals surface area contributed by atoms with Gasteiger partial charge in [0, 0.05) is 15.6 Å². The Balaban J connectivity index is 2.48. The van der Waals surface area contributed by atoms with Gasteiger partial charge in [-0.25, -0.2) is 0 Å². The third-order valence-corrected chi connectivity index (χ3v) is 4.03. The summed E-state index contributed by atoms with van der Waals surface area (Å²) >= 11 is 12.2. The average molecular weight is 350 g/mol. The average Bonchev–Trinajstić information content (AvgIpc) is 2.84. The third kappa shape index (κ3) is 3.47. The second-order valence-electron chi connectivity index (χ2n) is 4.77. The summed E-state index contributed by atoms with van der Waals surface area (Å²) in [5.41, 5.74) is 6.82. The van der Waals surface area contributed by atoms with Crippen molar-refractivity contribution in [2.75, 3.05) is 13.2 Å². The first-order valence-corrected chi connectivity index (χ1v) is 7.46. The number of hydrogen-bond donors (Lipinski definition) is 2. The summed E-state index contributed by atoms with van der Waals surface area (Å²) in [6, 6.07) is 9.05. The number of allylic oxidation sites excluding steroid dienone is 1. The number of halogens is 2. The maximum atomic E-state index is 9.44. The second-order valence-corrected chi connectivity index (χ2v) is 5.59. The van der Waals surface area contributed by atoms with Crippen molar-refractivity contribution in [1.29, 1.82) is 10.5 Å². The van der Waals surface area contributed by atoms with Gasteiger partial charge in [-0.3, -0.25) is 5.01 Å². The van der Waals surface area contributed by atoms with Gasteiger partial charge in [0.25, 0.3) is 0 Å². The summed E-state index contributed by atoms with van der Waals surface area (Å²) in [5.74, 6) is -0.784. The van der Waals surface area contributed by atoms with Crippen LogP contribution in [-0.2, 0) is 0 Å². The Bertz CT molecular complexity index is 727. The predicted octanol–water partition coefficient (Wildman–Crippen LogP) is 1.99. The highest BCUT2D eigenvalue weighted by atomic mass is 35.5. The Morgan fingerprint density at radius 2 is 2.04 bits per heavy atom. The molecule has 1 aromatic carbocycles. The number of nitriles is 2. The highest BCUT2D eigenvalue weighted by molar-refractivity contribution is 6.37. The van der Waals surface area contributed by atoms with Crippen molar-refractivity contribution in [2.24, 2.45) is 16.8 Å². The number of β-amino-alcohol motifs (C(OH)–C–C–N with tert-alkyl or cyclic N) is 1. The summed E-state index contributed by atoms with van der Waals surface area (Å²) in [6.45, 7) is 0.0129. The maximum absolute atomic E-state index is 9.44. The molecule has 0 radical (unpaired) electrons. The van der Waals surface area contributed by atoms with Gasteiger partial charge in [-0.15, -0.1) is 0 Å². The lowest BCUT2D eigenvalue weighted by atomic mass is 9.95. The second kappa shape index (κ2) is 7.45. The van der Waals surface area contributed by atoms with Crippen LogP contribution in [0.25, 0.3) is 6.08 Å². The maximum Gasteiger partial charge on any atom is 0.126 e. The van der Waals surface area contributed by atoms with E-state index >= 15 is 0 Å². The van der Waals surface area contributed by atoms with Gasteiger partial charge in [0.2, 0.25) is 0 Å². The van der Waals surface area contributed by atoms with Crippen molar-refractivity contribution in [3.8, 4) is 12.1 Å². The van der Waals surface area contributed by atoms with Gasteiger partial charge in [-0.2, -0.15) is 15.6 Å². The van der Waals surface area contributed by atoms with E-state index in [9.17, 15) is 10.5 Å². The largest absolute Gasteiger partial charge is 0.394 e. The fraction of sp³-hybridized carbons (Fsp3) is 0.267. The van der Waals surface area contributed by atoms with E-state index in [1.807, 2.05) is 12.1 Å². The molecule has 1 aromatic rings. The van der Waals surface area contributed by atoms with Gasteiger partial charge in [0.05, 0.1) is 30.5 Å². The van der Waals surface area contributed by atoms with Crippen LogP contribution in [0.4, 0.5) is 0 Å². The molecule has 0 saturated carbocycles. The van der Waals surface area contributed by atoms with Crippen LogP contribution in [0.1, 0.15) is 5.56 Å². The SMILES string of the molecule is N#C/C(=C\c1c(Cl)cccc1Cl)C1=NN(CCO)C(N)C1C#N. The molecule has 2 rings (SSSR count). The smallest absolute Gasteiger partial charge is 0.126 e. The molecule has 0 spiro atoms. The fourth-order valence-electron chi connectivity index (χ4n) is 2.22. The standard InChI is InChI=1S/C15H13Cl2N5O/c16-12-2-1-3-13(17)10(12)6-9(7-18)14-11(8-19)15(20)22(21-14)4-5-23/h1-3,6,11,15,23H,4-5,20H2/b9-6+. The number of aliphatic hydroxyl groups is 1. The third-order valence-electron chi connectivity index (χ3n) is 3.37. The van der Waals surface area contributed by atoms with Gasteiger partial charge in [0.15, 0.2) is 0 Å². The zero-order valence-electron chi connectivity index (χ0n) is 11.9. The predicted molar refractivity (Wildman–Crippen MR) is 88.4 cm³/mol. The lowest BCUT2D eigenvalue weighted by Crippen LogP contribution is -2.41. The minimum Gasteiger partial charge on any atom is -0.394 e. The van der Waals surface area contributed by atoms with Crippen LogP contribution in [-0.4, -0.2) is 35.1 Å². The first kappa shape index (κ1) is 17.3. The quantitative estimate of drug-likeness (QED) is 0.807.